The second-order valence-corrected chi connectivity index (χ2v) is 4.76. The van der Waals surface area contributed by atoms with Crippen molar-refractivity contribution in [2.45, 2.75) is 31.2 Å². The number of hydrogen-bond donors (Lipinski definition) is 2. The van der Waals surface area contributed by atoms with Gasteiger partial charge in [0.05, 0.1) is 0 Å². The van der Waals surface area contributed by atoms with E-state index in [0.717, 1.165) is 6.42 Å². The molecule has 1 aromatic carbocycles. The molecule has 1 unspecified atom stereocenters. The molecular formula is C14H21NO. The van der Waals surface area contributed by atoms with Gasteiger partial charge in [-0.05, 0) is 43.7 Å². The lowest BCUT2D eigenvalue weighted by Gasteiger charge is -2.35. The summed E-state index contributed by atoms with van der Waals surface area (Å²) in [7, 11) is 2.00. The lowest BCUT2D eigenvalue weighted by atomic mass is 9.75. The van der Waals surface area contributed by atoms with Gasteiger partial charge in [0.25, 0.3) is 0 Å². The van der Waals surface area contributed by atoms with Crippen LogP contribution in [0.2, 0.25) is 0 Å². The van der Waals surface area contributed by atoms with Crippen LogP contribution in [0.15, 0.2) is 30.3 Å². The molecule has 0 bridgehead atoms. The molecule has 1 saturated carbocycles. The highest BCUT2D eigenvalue weighted by Crippen LogP contribution is 2.35. The van der Waals surface area contributed by atoms with E-state index in [1.54, 1.807) is 0 Å². The molecule has 2 N–H and O–H groups in total. The van der Waals surface area contributed by atoms with E-state index in [4.69, 9.17) is 0 Å². The highest BCUT2D eigenvalue weighted by atomic mass is 16.3. The number of benzene rings is 1. The van der Waals surface area contributed by atoms with Crippen LogP contribution in [0.25, 0.3) is 0 Å². The minimum Gasteiger partial charge on any atom is -0.396 e. The van der Waals surface area contributed by atoms with Crippen molar-refractivity contribution >= 4 is 0 Å². The highest BCUT2D eigenvalue weighted by molar-refractivity contribution is 5.20. The first-order valence-corrected chi connectivity index (χ1v) is 6.18. The van der Waals surface area contributed by atoms with Crippen molar-refractivity contribution in [2.24, 2.45) is 5.92 Å². The summed E-state index contributed by atoms with van der Waals surface area (Å²) >= 11 is 0. The fourth-order valence-corrected chi connectivity index (χ4v) is 2.87. The van der Waals surface area contributed by atoms with Crippen molar-refractivity contribution in [3.8, 4) is 0 Å². The molecule has 88 valence electrons. The van der Waals surface area contributed by atoms with Crippen LogP contribution in [0.3, 0.4) is 0 Å². The Bertz CT molecular complexity index is 312. The van der Waals surface area contributed by atoms with Gasteiger partial charge in [-0.25, -0.2) is 0 Å². The molecule has 16 heavy (non-hydrogen) atoms. The summed E-state index contributed by atoms with van der Waals surface area (Å²) in [5.74, 6) is 1.03. The van der Waals surface area contributed by atoms with Crippen molar-refractivity contribution in [2.75, 3.05) is 13.7 Å². The molecule has 0 amide bonds. The zero-order valence-electron chi connectivity index (χ0n) is 9.89. The molecule has 1 aliphatic rings. The molecule has 0 radical (unpaired) electrons. The zero-order chi connectivity index (χ0) is 11.4. The van der Waals surface area contributed by atoms with Crippen molar-refractivity contribution in [1.29, 1.82) is 0 Å². The first kappa shape index (κ1) is 11.6. The molecular weight excluding hydrogens is 198 g/mol. The SMILES string of the molecule is CN[C@@H]1CCC(c2ccccc2)C[C@H]1CO. The largest absolute Gasteiger partial charge is 0.396 e. The van der Waals surface area contributed by atoms with Crippen LogP contribution in [0.1, 0.15) is 30.7 Å². The summed E-state index contributed by atoms with van der Waals surface area (Å²) in [6.07, 6.45) is 3.50. The summed E-state index contributed by atoms with van der Waals surface area (Å²) in [5, 5.41) is 12.7. The van der Waals surface area contributed by atoms with Crippen LogP contribution < -0.4 is 5.32 Å². The number of aliphatic hydroxyl groups is 1. The Morgan fingerprint density at radius 3 is 2.62 bits per heavy atom. The minimum atomic E-state index is 0.300. The van der Waals surface area contributed by atoms with Gasteiger partial charge in [0.2, 0.25) is 0 Å². The average Bonchev–Trinajstić information content (AvgIpc) is 2.39. The van der Waals surface area contributed by atoms with Gasteiger partial charge in [0, 0.05) is 12.6 Å². The van der Waals surface area contributed by atoms with E-state index in [9.17, 15) is 5.11 Å². The van der Waals surface area contributed by atoms with E-state index < -0.39 is 0 Å². The van der Waals surface area contributed by atoms with Gasteiger partial charge in [-0.2, -0.15) is 0 Å². The fourth-order valence-electron chi connectivity index (χ4n) is 2.87. The Morgan fingerprint density at radius 2 is 2.00 bits per heavy atom. The number of hydrogen-bond acceptors (Lipinski definition) is 2. The molecule has 0 aliphatic heterocycles. The molecule has 1 fully saturated rings. The number of aliphatic hydroxyl groups excluding tert-OH is 1. The summed E-state index contributed by atoms with van der Waals surface area (Å²) in [4.78, 5) is 0. The summed E-state index contributed by atoms with van der Waals surface area (Å²) in [6, 6.07) is 11.2. The van der Waals surface area contributed by atoms with E-state index in [2.05, 4.69) is 35.6 Å². The summed E-state index contributed by atoms with van der Waals surface area (Å²) in [5.41, 5.74) is 1.43. The maximum Gasteiger partial charge on any atom is 0.0474 e. The topological polar surface area (TPSA) is 32.3 Å². The Hall–Kier alpha value is -0.860. The van der Waals surface area contributed by atoms with E-state index in [1.165, 1.54) is 18.4 Å². The second kappa shape index (κ2) is 5.46. The molecule has 2 rings (SSSR count). The first-order valence-electron chi connectivity index (χ1n) is 6.18. The highest BCUT2D eigenvalue weighted by Gasteiger charge is 2.29. The van der Waals surface area contributed by atoms with Gasteiger partial charge in [-0.1, -0.05) is 30.3 Å². The zero-order valence-corrected chi connectivity index (χ0v) is 9.89. The van der Waals surface area contributed by atoms with E-state index >= 15 is 0 Å². The first-order chi connectivity index (χ1) is 7.85. The predicted molar refractivity (Wildman–Crippen MR) is 66.5 cm³/mol. The van der Waals surface area contributed by atoms with Crippen LogP contribution in [0.4, 0.5) is 0 Å². The van der Waals surface area contributed by atoms with Gasteiger partial charge >= 0.3 is 0 Å². The average molecular weight is 219 g/mol. The Morgan fingerprint density at radius 1 is 1.25 bits per heavy atom. The lowest BCUT2D eigenvalue weighted by molar-refractivity contribution is 0.147. The second-order valence-electron chi connectivity index (χ2n) is 4.76. The smallest absolute Gasteiger partial charge is 0.0474 e. The van der Waals surface area contributed by atoms with Gasteiger partial charge < -0.3 is 10.4 Å². The van der Waals surface area contributed by atoms with Gasteiger partial charge in [0.1, 0.15) is 0 Å². The van der Waals surface area contributed by atoms with E-state index in [1.807, 2.05) is 7.05 Å². The quantitative estimate of drug-likeness (QED) is 0.816. The van der Waals surface area contributed by atoms with Crippen molar-refractivity contribution in [1.82, 2.24) is 5.32 Å². The number of rotatable bonds is 3. The van der Waals surface area contributed by atoms with Crippen LogP contribution in [0, 0.1) is 5.92 Å². The normalized spacial score (nSPS) is 30.2. The third-order valence-corrected chi connectivity index (χ3v) is 3.86. The third-order valence-electron chi connectivity index (χ3n) is 3.86. The maximum atomic E-state index is 9.42. The molecule has 1 aromatic rings. The predicted octanol–water partition coefficient (Wildman–Crippen LogP) is 2.15. The molecule has 0 aromatic heterocycles. The third kappa shape index (κ3) is 2.45. The summed E-state index contributed by atoms with van der Waals surface area (Å²) < 4.78 is 0. The lowest BCUT2D eigenvalue weighted by Crippen LogP contribution is -2.39. The standard InChI is InChI=1S/C14H21NO/c1-15-14-8-7-12(9-13(14)10-16)11-5-3-2-4-6-11/h2-6,12-16H,7-10H2,1H3/t12?,13-,14+/m0/s1. The molecule has 3 atom stereocenters. The van der Waals surface area contributed by atoms with Gasteiger partial charge in [0.15, 0.2) is 0 Å². The van der Waals surface area contributed by atoms with E-state index in [-0.39, 0.29) is 0 Å². The molecule has 1 aliphatic carbocycles. The van der Waals surface area contributed by atoms with Gasteiger partial charge in [-0.3, -0.25) is 0 Å². The van der Waals surface area contributed by atoms with E-state index in [0.29, 0.717) is 24.5 Å². The summed E-state index contributed by atoms with van der Waals surface area (Å²) in [6.45, 7) is 0.300. The Labute approximate surface area is 97.7 Å². The van der Waals surface area contributed by atoms with Crippen LogP contribution >= 0.6 is 0 Å². The fraction of sp³-hybridized carbons (Fsp3) is 0.571. The monoisotopic (exact) mass is 219 g/mol. The van der Waals surface area contributed by atoms with Gasteiger partial charge in [-0.15, -0.1) is 0 Å². The molecule has 0 spiro atoms. The Kier molecular flexibility index (Phi) is 3.97. The van der Waals surface area contributed by atoms with Crippen LogP contribution in [-0.2, 0) is 0 Å². The van der Waals surface area contributed by atoms with Crippen molar-refractivity contribution in [3.63, 3.8) is 0 Å². The molecule has 2 heteroatoms. The number of nitrogens with one attached hydrogen (secondary N) is 1. The van der Waals surface area contributed by atoms with Crippen molar-refractivity contribution in [3.05, 3.63) is 35.9 Å². The van der Waals surface area contributed by atoms with Crippen molar-refractivity contribution < 1.29 is 5.11 Å². The molecule has 0 saturated heterocycles. The Balaban J connectivity index is 2.05. The van der Waals surface area contributed by atoms with Crippen LogP contribution in [0.5, 0.6) is 0 Å². The minimum absolute atomic E-state index is 0.300. The molecule has 2 nitrogen and oxygen atoms in total. The van der Waals surface area contributed by atoms with Crippen LogP contribution in [-0.4, -0.2) is 24.8 Å². The molecule has 0 heterocycles. The maximum absolute atomic E-state index is 9.42.